The molecule has 28 heavy (non-hydrogen) atoms. The maximum Gasteiger partial charge on any atom is 0.335 e. The lowest BCUT2D eigenvalue weighted by atomic mass is 10.0. The van der Waals surface area contributed by atoms with Gasteiger partial charge in [-0.1, -0.05) is 30.3 Å². The molecule has 0 atom stereocenters. The van der Waals surface area contributed by atoms with Gasteiger partial charge in [0.05, 0.1) is 5.56 Å². The molecular formula is C22H25NO4S. The lowest BCUT2D eigenvalue weighted by molar-refractivity contribution is -0.116. The topological polar surface area (TPSA) is 75.6 Å². The summed E-state index contributed by atoms with van der Waals surface area (Å²) in [6, 6.07) is 14.7. The number of carbonyl (C=O) groups excluding carboxylic acids is 1. The van der Waals surface area contributed by atoms with Gasteiger partial charge in [-0.2, -0.15) is 11.8 Å². The molecule has 2 aromatic carbocycles. The van der Waals surface area contributed by atoms with Gasteiger partial charge in [0.15, 0.2) is 0 Å². The van der Waals surface area contributed by atoms with Crippen molar-refractivity contribution in [1.29, 1.82) is 0 Å². The zero-order valence-electron chi connectivity index (χ0n) is 15.7. The summed E-state index contributed by atoms with van der Waals surface area (Å²) in [5.74, 6) is -0.166. The Morgan fingerprint density at radius 2 is 1.89 bits per heavy atom. The molecule has 0 bridgehead atoms. The zero-order valence-corrected chi connectivity index (χ0v) is 16.5. The average Bonchev–Trinajstić information content (AvgIpc) is 2.72. The normalized spacial score (nSPS) is 14.6. The molecule has 1 saturated heterocycles. The Bertz CT molecular complexity index is 818. The van der Waals surface area contributed by atoms with E-state index >= 15 is 0 Å². The molecule has 0 radical (unpaired) electrons. The number of aryl methyl sites for hydroxylation is 1. The summed E-state index contributed by atoms with van der Waals surface area (Å²) in [5.41, 5.74) is 2.89. The van der Waals surface area contributed by atoms with Crippen LogP contribution in [0.5, 0.6) is 0 Å². The van der Waals surface area contributed by atoms with E-state index in [-0.39, 0.29) is 17.9 Å². The van der Waals surface area contributed by atoms with E-state index in [2.05, 4.69) is 11.4 Å². The number of ether oxygens (including phenoxy) is 1. The number of benzene rings is 2. The molecule has 148 valence electrons. The van der Waals surface area contributed by atoms with Gasteiger partial charge in [0, 0.05) is 36.3 Å². The lowest BCUT2D eigenvalue weighted by Gasteiger charge is -2.21. The number of carbonyl (C=O) groups is 2. The predicted octanol–water partition coefficient (Wildman–Crippen LogP) is 4.37. The molecule has 0 unspecified atom stereocenters. The van der Waals surface area contributed by atoms with Gasteiger partial charge >= 0.3 is 5.97 Å². The maximum atomic E-state index is 12.3. The molecule has 0 aliphatic carbocycles. The summed E-state index contributed by atoms with van der Waals surface area (Å²) in [4.78, 5) is 23.6. The van der Waals surface area contributed by atoms with Crippen molar-refractivity contribution in [3.05, 3.63) is 65.2 Å². The predicted molar refractivity (Wildman–Crippen MR) is 112 cm³/mol. The van der Waals surface area contributed by atoms with Crippen molar-refractivity contribution in [3.63, 3.8) is 0 Å². The molecule has 0 saturated carbocycles. The molecule has 3 rings (SSSR count). The van der Waals surface area contributed by atoms with Crippen molar-refractivity contribution >= 4 is 29.3 Å². The molecule has 2 N–H and O–H groups in total. The van der Waals surface area contributed by atoms with Gasteiger partial charge in [0.1, 0.15) is 0 Å². The number of rotatable bonds is 8. The number of amides is 1. The first-order valence-corrected chi connectivity index (χ1v) is 10.6. The SMILES string of the molecule is O=C(CCc1ccccc1C(=O)O)Nc1cccc(CSC2CCOCC2)c1. The Hall–Kier alpha value is -2.31. The Balaban J connectivity index is 1.51. The fraction of sp³-hybridized carbons (Fsp3) is 0.364. The first kappa shape index (κ1) is 20.4. The summed E-state index contributed by atoms with van der Waals surface area (Å²) in [6.07, 6.45) is 2.83. The number of carboxylic acid groups (broad SMARTS) is 1. The third-order valence-corrected chi connectivity index (χ3v) is 6.18. The highest BCUT2D eigenvalue weighted by Gasteiger charge is 2.14. The van der Waals surface area contributed by atoms with Crippen LogP contribution in [0.2, 0.25) is 0 Å². The van der Waals surface area contributed by atoms with E-state index in [0.717, 1.165) is 37.5 Å². The summed E-state index contributed by atoms with van der Waals surface area (Å²) < 4.78 is 5.40. The van der Waals surface area contributed by atoms with Gasteiger partial charge in [-0.3, -0.25) is 4.79 Å². The monoisotopic (exact) mass is 399 g/mol. The first-order valence-electron chi connectivity index (χ1n) is 9.51. The average molecular weight is 400 g/mol. The van der Waals surface area contributed by atoms with E-state index in [1.165, 1.54) is 5.56 Å². The molecule has 0 spiro atoms. The highest BCUT2D eigenvalue weighted by atomic mass is 32.2. The van der Waals surface area contributed by atoms with Crippen molar-refractivity contribution in [2.75, 3.05) is 18.5 Å². The molecule has 6 heteroatoms. The van der Waals surface area contributed by atoms with Gasteiger partial charge in [-0.25, -0.2) is 4.79 Å². The van der Waals surface area contributed by atoms with Gasteiger partial charge in [0.2, 0.25) is 5.91 Å². The van der Waals surface area contributed by atoms with E-state index in [1.807, 2.05) is 30.0 Å². The minimum Gasteiger partial charge on any atom is -0.478 e. The van der Waals surface area contributed by atoms with Crippen molar-refractivity contribution in [1.82, 2.24) is 0 Å². The molecule has 5 nitrogen and oxygen atoms in total. The largest absolute Gasteiger partial charge is 0.478 e. The Labute approximate surface area is 169 Å². The molecule has 1 amide bonds. The van der Waals surface area contributed by atoms with E-state index < -0.39 is 5.97 Å². The number of carboxylic acids is 1. The van der Waals surface area contributed by atoms with Crippen molar-refractivity contribution in [3.8, 4) is 0 Å². The molecule has 1 aliphatic rings. The Kier molecular flexibility index (Phi) is 7.51. The second-order valence-corrected chi connectivity index (χ2v) is 8.12. The number of thioether (sulfide) groups is 1. The van der Waals surface area contributed by atoms with Crippen LogP contribution < -0.4 is 5.32 Å². The van der Waals surface area contributed by atoms with Crippen molar-refractivity contribution < 1.29 is 19.4 Å². The maximum absolute atomic E-state index is 12.3. The van der Waals surface area contributed by atoms with Crippen molar-refractivity contribution in [2.24, 2.45) is 0 Å². The third kappa shape index (κ3) is 6.11. The highest BCUT2D eigenvalue weighted by molar-refractivity contribution is 7.99. The number of aromatic carboxylic acids is 1. The van der Waals surface area contributed by atoms with E-state index in [0.29, 0.717) is 17.2 Å². The van der Waals surface area contributed by atoms with Crippen LogP contribution in [0.4, 0.5) is 5.69 Å². The number of hydrogen-bond donors (Lipinski definition) is 2. The highest BCUT2D eigenvalue weighted by Crippen LogP contribution is 2.26. The van der Waals surface area contributed by atoms with Crippen LogP contribution >= 0.6 is 11.8 Å². The fourth-order valence-electron chi connectivity index (χ4n) is 3.21. The molecule has 2 aromatic rings. The van der Waals surface area contributed by atoms with Crippen molar-refractivity contribution in [2.45, 2.75) is 36.7 Å². The van der Waals surface area contributed by atoms with Gasteiger partial charge < -0.3 is 15.2 Å². The third-order valence-electron chi connectivity index (χ3n) is 4.73. The second kappa shape index (κ2) is 10.3. The number of nitrogens with one attached hydrogen (secondary N) is 1. The van der Waals surface area contributed by atoms with Crippen LogP contribution in [-0.2, 0) is 21.7 Å². The minimum absolute atomic E-state index is 0.116. The Morgan fingerprint density at radius 3 is 2.68 bits per heavy atom. The number of anilines is 1. The van der Waals surface area contributed by atoms with Gasteiger partial charge in [-0.15, -0.1) is 0 Å². The zero-order chi connectivity index (χ0) is 19.8. The van der Waals surface area contributed by atoms with E-state index in [4.69, 9.17) is 4.74 Å². The van der Waals surface area contributed by atoms with Crippen LogP contribution in [-0.4, -0.2) is 35.4 Å². The lowest BCUT2D eigenvalue weighted by Crippen LogP contribution is -2.17. The molecule has 1 aliphatic heterocycles. The Morgan fingerprint density at radius 1 is 1.11 bits per heavy atom. The molecular weight excluding hydrogens is 374 g/mol. The summed E-state index contributed by atoms with van der Waals surface area (Å²) in [5, 5.41) is 12.8. The standard InChI is InChI=1S/C22H25NO4S/c24-21(9-8-17-5-1-2-7-20(17)22(25)26)23-18-6-3-4-16(14-18)15-28-19-10-12-27-13-11-19/h1-7,14,19H,8-13,15H2,(H,23,24)(H,25,26). The fourth-order valence-corrected chi connectivity index (χ4v) is 4.35. The minimum atomic E-state index is -0.967. The van der Waals surface area contributed by atoms with Gasteiger partial charge in [0.25, 0.3) is 0 Å². The van der Waals surface area contributed by atoms with Crippen LogP contribution in [0.1, 0.15) is 40.7 Å². The molecule has 1 heterocycles. The van der Waals surface area contributed by atoms with Crippen LogP contribution in [0.25, 0.3) is 0 Å². The number of hydrogen-bond acceptors (Lipinski definition) is 4. The first-order chi connectivity index (χ1) is 13.6. The van der Waals surface area contributed by atoms with Crippen LogP contribution in [0, 0.1) is 0 Å². The second-order valence-electron chi connectivity index (χ2n) is 6.83. The van der Waals surface area contributed by atoms with Gasteiger partial charge in [-0.05, 0) is 48.6 Å². The summed E-state index contributed by atoms with van der Waals surface area (Å²) >= 11 is 1.94. The van der Waals surface area contributed by atoms with E-state index in [1.54, 1.807) is 24.3 Å². The van der Waals surface area contributed by atoms with Crippen LogP contribution in [0.15, 0.2) is 48.5 Å². The quantitative estimate of drug-likeness (QED) is 0.689. The molecule has 0 aromatic heterocycles. The molecule has 1 fully saturated rings. The summed E-state index contributed by atoms with van der Waals surface area (Å²) in [7, 11) is 0. The summed E-state index contributed by atoms with van der Waals surface area (Å²) in [6.45, 7) is 1.69. The smallest absolute Gasteiger partial charge is 0.335 e. The van der Waals surface area contributed by atoms with Crippen LogP contribution in [0.3, 0.4) is 0 Å². The van der Waals surface area contributed by atoms with E-state index in [9.17, 15) is 14.7 Å².